The zero-order valence-corrected chi connectivity index (χ0v) is 19.3. The zero-order chi connectivity index (χ0) is 23.2. The molecule has 0 saturated carbocycles. The number of amides is 1. The van der Waals surface area contributed by atoms with Crippen molar-refractivity contribution in [3.05, 3.63) is 108 Å². The molecule has 0 spiro atoms. The van der Waals surface area contributed by atoms with Crippen molar-refractivity contribution in [3.63, 3.8) is 0 Å². The number of aromatic nitrogens is 2. The highest BCUT2D eigenvalue weighted by Gasteiger charge is 2.22. The van der Waals surface area contributed by atoms with Crippen molar-refractivity contribution in [3.8, 4) is 11.1 Å². The summed E-state index contributed by atoms with van der Waals surface area (Å²) in [6, 6.07) is 25.9. The number of carbonyl (C=O) groups is 1. The van der Waals surface area contributed by atoms with E-state index in [2.05, 4.69) is 53.8 Å². The summed E-state index contributed by atoms with van der Waals surface area (Å²) in [5.74, 6) is -0.0777. The Hall–Kier alpha value is -3.70. The Morgan fingerprint density at radius 3 is 2.27 bits per heavy atom. The van der Waals surface area contributed by atoms with Gasteiger partial charge in [0.25, 0.3) is 0 Å². The summed E-state index contributed by atoms with van der Waals surface area (Å²) in [4.78, 5) is 13.3. The Labute approximate surface area is 195 Å². The van der Waals surface area contributed by atoms with Crippen LogP contribution in [0.15, 0.2) is 91.3 Å². The van der Waals surface area contributed by atoms with Crippen LogP contribution in [0, 0.1) is 6.92 Å². The SMILES string of the molecule is Cc1ccc(C[C@@H](C)N[C@@H](C(=O)Nc2ccc(-c3cnn(C)c3)cc2)c2ccccc2)cc1. The van der Waals surface area contributed by atoms with Gasteiger partial charge in [-0.2, -0.15) is 5.10 Å². The van der Waals surface area contributed by atoms with E-state index in [0.717, 1.165) is 28.8 Å². The summed E-state index contributed by atoms with van der Waals surface area (Å²) in [5.41, 5.74) is 6.31. The molecule has 0 bridgehead atoms. The van der Waals surface area contributed by atoms with E-state index in [-0.39, 0.29) is 11.9 Å². The fourth-order valence-corrected chi connectivity index (χ4v) is 3.92. The van der Waals surface area contributed by atoms with Crippen LogP contribution in [0.4, 0.5) is 5.69 Å². The van der Waals surface area contributed by atoms with Crippen LogP contribution in [-0.2, 0) is 18.3 Å². The fourth-order valence-electron chi connectivity index (χ4n) is 3.92. The Morgan fingerprint density at radius 2 is 1.64 bits per heavy atom. The predicted molar refractivity (Wildman–Crippen MR) is 134 cm³/mol. The van der Waals surface area contributed by atoms with Crippen LogP contribution in [-0.4, -0.2) is 21.7 Å². The van der Waals surface area contributed by atoms with Crippen LogP contribution in [0.5, 0.6) is 0 Å². The summed E-state index contributed by atoms with van der Waals surface area (Å²) in [7, 11) is 1.90. The third-order valence-electron chi connectivity index (χ3n) is 5.70. The first kappa shape index (κ1) is 22.5. The standard InChI is InChI=1S/C28H30N4O/c1-20-9-11-22(12-10-20)17-21(2)30-27(24-7-5-4-6-8-24)28(33)31-26-15-13-23(14-16-26)25-18-29-32(3)19-25/h4-16,18-19,21,27,30H,17H2,1-3H3,(H,31,33)/t21-,27-/m1/s1. The molecule has 5 nitrogen and oxygen atoms in total. The van der Waals surface area contributed by atoms with Gasteiger partial charge in [-0.1, -0.05) is 72.3 Å². The Bertz CT molecular complexity index is 1180. The lowest BCUT2D eigenvalue weighted by molar-refractivity contribution is -0.118. The van der Waals surface area contributed by atoms with Crippen LogP contribution < -0.4 is 10.6 Å². The van der Waals surface area contributed by atoms with Crippen molar-refractivity contribution in [1.29, 1.82) is 0 Å². The van der Waals surface area contributed by atoms with Crippen LogP contribution >= 0.6 is 0 Å². The highest BCUT2D eigenvalue weighted by Crippen LogP contribution is 2.22. The van der Waals surface area contributed by atoms with Gasteiger partial charge in [0.15, 0.2) is 0 Å². The summed E-state index contributed by atoms with van der Waals surface area (Å²) in [6.07, 6.45) is 4.65. The second kappa shape index (κ2) is 10.3. The van der Waals surface area contributed by atoms with Crippen LogP contribution in [0.2, 0.25) is 0 Å². The van der Waals surface area contributed by atoms with Crippen molar-refractivity contribution < 1.29 is 4.79 Å². The van der Waals surface area contributed by atoms with Gasteiger partial charge in [0.2, 0.25) is 5.91 Å². The number of rotatable bonds is 8. The molecule has 0 saturated heterocycles. The Kier molecular flexibility index (Phi) is 7.01. The van der Waals surface area contributed by atoms with Gasteiger partial charge in [-0.3, -0.25) is 14.8 Å². The van der Waals surface area contributed by atoms with Crippen LogP contribution in [0.3, 0.4) is 0 Å². The number of carbonyl (C=O) groups excluding carboxylic acids is 1. The van der Waals surface area contributed by atoms with E-state index in [1.807, 2.05) is 74.0 Å². The molecule has 0 aliphatic carbocycles. The second-order valence-corrected chi connectivity index (χ2v) is 8.57. The summed E-state index contributed by atoms with van der Waals surface area (Å²) < 4.78 is 1.78. The molecule has 1 amide bonds. The molecule has 33 heavy (non-hydrogen) atoms. The molecule has 4 rings (SSSR count). The van der Waals surface area contributed by atoms with Crippen LogP contribution in [0.1, 0.15) is 29.7 Å². The maximum absolute atomic E-state index is 13.3. The first-order valence-electron chi connectivity index (χ1n) is 11.2. The Balaban J connectivity index is 1.47. The van der Waals surface area contributed by atoms with Gasteiger partial charge in [-0.05, 0) is 49.1 Å². The van der Waals surface area contributed by atoms with Gasteiger partial charge in [0, 0.05) is 30.5 Å². The maximum atomic E-state index is 13.3. The van der Waals surface area contributed by atoms with E-state index in [4.69, 9.17) is 0 Å². The number of anilines is 1. The molecule has 4 aromatic rings. The van der Waals surface area contributed by atoms with Crippen LogP contribution in [0.25, 0.3) is 11.1 Å². The highest BCUT2D eigenvalue weighted by molar-refractivity contribution is 5.95. The van der Waals surface area contributed by atoms with E-state index < -0.39 is 6.04 Å². The van der Waals surface area contributed by atoms with Crippen molar-refractivity contribution in [2.75, 3.05) is 5.32 Å². The molecule has 168 valence electrons. The molecule has 0 radical (unpaired) electrons. The monoisotopic (exact) mass is 438 g/mol. The largest absolute Gasteiger partial charge is 0.324 e. The molecule has 0 fully saturated rings. The molecule has 1 aromatic heterocycles. The van der Waals surface area contributed by atoms with Crippen molar-refractivity contribution in [1.82, 2.24) is 15.1 Å². The van der Waals surface area contributed by atoms with Crippen molar-refractivity contribution in [2.24, 2.45) is 7.05 Å². The molecule has 3 aromatic carbocycles. The van der Waals surface area contributed by atoms with Gasteiger partial charge in [0.1, 0.15) is 6.04 Å². The van der Waals surface area contributed by atoms with Crippen molar-refractivity contribution >= 4 is 11.6 Å². The van der Waals surface area contributed by atoms with Gasteiger partial charge >= 0.3 is 0 Å². The third kappa shape index (κ3) is 5.96. The molecular formula is C28H30N4O. The quantitative estimate of drug-likeness (QED) is 0.393. The van der Waals surface area contributed by atoms with Gasteiger partial charge in [-0.15, -0.1) is 0 Å². The minimum atomic E-state index is -0.454. The summed E-state index contributed by atoms with van der Waals surface area (Å²) >= 11 is 0. The smallest absolute Gasteiger partial charge is 0.246 e. The Morgan fingerprint density at radius 1 is 0.939 bits per heavy atom. The highest BCUT2D eigenvalue weighted by atomic mass is 16.2. The molecule has 5 heteroatoms. The minimum absolute atomic E-state index is 0.0777. The van der Waals surface area contributed by atoms with Crippen molar-refractivity contribution in [2.45, 2.75) is 32.4 Å². The average Bonchev–Trinajstić information content (AvgIpc) is 3.26. The second-order valence-electron chi connectivity index (χ2n) is 8.57. The zero-order valence-electron chi connectivity index (χ0n) is 19.3. The third-order valence-corrected chi connectivity index (χ3v) is 5.70. The van der Waals surface area contributed by atoms with E-state index in [0.29, 0.717) is 0 Å². The molecule has 0 aliphatic rings. The lowest BCUT2D eigenvalue weighted by Crippen LogP contribution is -2.39. The lowest BCUT2D eigenvalue weighted by Gasteiger charge is -2.23. The average molecular weight is 439 g/mol. The minimum Gasteiger partial charge on any atom is -0.324 e. The van der Waals surface area contributed by atoms with E-state index >= 15 is 0 Å². The summed E-state index contributed by atoms with van der Waals surface area (Å²) in [6.45, 7) is 4.20. The molecule has 1 heterocycles. The van der Waals surface area contributed by atoms with E-state index in [1.165, 1.54) is 11.1 Å². The molecule has 2 atom stereocenters. The van der Waals surface area contributed by atoms with Gasteiger partial charge in [-0.25, -0.2) is 0 Å². The first-order chi connectivity index (χ1) is 16.0. The number of hydrogen-bond donors (Lipinski definition) is 2. The molecule has 2 N–H and O–H groups in total. The fraction of sp³-hybridized carbons (Fsp3) is 0.214. The molecule has 0 aliphatic heterocycles. The number of hydrogen-bond acceptors (Lipinski definition) is 3. The number of benzene rings is 3. The predicted octanol–water partition coefficient (Wildman–Crippen LogP) is 5.30. The van der Waals surface area contributed by atoms with E-state index in [9.17, 15) is 4.79 Å². The van der Waals surface area contributed by atoms with E-state index in [1.54, 1.807) is 4.68 Å². The van der Waals surface area contributed by atoms with Gasteiger partial charge in [0.05, 0.1) is 6.20 Å². The topological polar surface area (TPSA) is 59.0 Å². The number of aryl methyl sites for hydroxylation is 2. The number of nitrogens with one attached hydrogen (secondary N) is 2. The summed E-state index contributed by atoms with van der Waals surface area (Å²) in [5, 5.41) is 10.8. The molecule has 0 unspecified atom stereocenters. The normalized spacial score (nSPS) is 12.8. The lowest BCUT2D eigenvalue weighted by atomic mass is 10.0. The first-order valence-corrected chi connectivity index (χ1v) is 11.2. The maximum Gasteiger partial charge on any atom is 0.246 e. The molecular weight excluding hydrogens is 408 g/mol. The van der Waals surface area contributed by atoms with Gasteiger partial charge < -0.3 is 5.32 Å². The number of nitrogens with zero attached hydrogens (tertiary/aromatic N) is 2.